The molecule has 1 aliphatic rings. The Bertz CT molecular complexity index is 504. The summed E-state index contributed by atoms with van der Waals surface area (Å²) in [6.07, 6.45) is 4.03. The maximum Gasteiger partial charge on any atom is 0.317 e. The van der Waals surface area contributed by atoms with Gasteiger partial charge in [-0.05, 0) is 24.5 Å². The van der Waals surface area contributed by atoms with Gasteiger partial charge in [-0.25, -0.2) is 4.79 Å². The molecular weight excluding hydrogens is 280 g/mol. The third kappa shape index (κ3) is 4.44. The summed E-state index contributed by atoms with van der Waals surface area (Å²) < 4.78 is 0. The minimum atomic E-state index is -0.0376. The van der Waals surface area contributed by atoms with Crippen molar-refractivity contribution in [3.8, 4) is 0 Å². The van der Waals surface area contributed by atoms with Gasteiger partial charge in [0.05, 0.1) is 5.56 Å². The van der Waals surface area contributed by atoms with E-state index in [1.165, 1.54) is 0 Å². The Morgan fingerprint density at radius 1 is 1.23 bits per heavy atom. The van der Waals surface area contributed by atoms with E-state index in [1.807, 2.05) is 0 Å². The van der Waals surface area contributed by atoms with Crippen molar-refractivity contribution in [3.63, 3.8) is 0 Å². The number of carbonyl (C=O) groups excluding carboxylic acids is 2. The van der Waals surface area contributed by atoms with E-state index in [-0.39, 0.29) is 11.9 Å². The molecule has 0 spiro atoms. The predicted molar refractivity (Wildman–Crippen MR) is 84.6 cm³/mol. The highest BCUT2D eigenvalue weighted by molar-refractivity contribution is 5.93. The smallest absolute Gasteiger partial charge is 0.317 e. The van der Waals surface area contributed by atoms with Gasteiger partial charge in [0.2, 0.25) is 0 Å². The summed E-state index contributed by atoms with van der Waals surface area (Å²) in [5, 5.41) is 2.93. The van der Waals surface area contributed by atoms with Gasteiger partial charge in [-0.1, -0.05) is 13.8 Å². The third-order valence-corrected chi connectivity index (χ3v) is 3.64. The number of amides is 3. The van der Waals surface area contributed by atoms with Crippen LogP contribution in [0.1, 0.15) is 30.6 Å². The lowest BCUT2D eigenvalue weighted by molar-refractivity contribution is 0.0762. The second-order valence-corrected chi connectivity index (χ2v) is 5.95. The molecule has 0 aliphatic carbocycles. The fraction of sp³-hybridized carbons (Fsp3) is 0.562. The number of urea groups is 1. The average molecular weight is 304 g/mol. The molecule has 0 bridgehead atoms. The Kier molecular flexibility index (Phi) is 5.75. The van der Waals surface area contributed by atoms with Crippen molar-refractivity contribution >= 4 is 11.9 Å². The highest BCUT2D eigenvalue weighted by Crippen LogP contribution is 2.08. The summed E-state index contributed by atoms with van der Waals surface area (Å²) >= 11 is 0. The van der Waals surface area contributed by atoms with Crippen molar-refractivity contribution in [3.05, 3.63) is 30.1 Å². The molecule has 1 aromatic rings. The highest BCUT2D eigenvalue weighted by atomic mass is 16.2. The normalized spacial score (nSPS) is 15.6. The zero-order valence-corrected chi connectivity index (χ0v) is 13.3. The van der Waals surface area contributed by atoms with Gasteiger partial charge in [-0.3, -0.25) is 9.78 Å². The van der Waals surface area contributed by atoms with Crippen LogP contribution in [-0.4, -0.2) is 59.4 Å². The van der Waals surface area contributed by atoms with Crippen molar-refractivity contribution in [1.29, 1.82) is 0 Å². The quantitative estimate of drug-likeness (QED) is 0.922. The molecule has 6 nitrogen and oxygen atoms in total. The lowest BCUT2D eigenvalue weighted by Gasteiger charge is -2.23. The standard InChI is InChI=1S/C16H24N4O2/c1-13(2)11-18-16(22)20-8-4-7-19(9-10-20)15(21)14-5-3-6-17-12-14/h3,5-6,12-13H,4,7-11H2,1-2H3,(H,18,22). The second kappa shape index (κ2) is 7.77. The topological polar surface area (TPSA) is 65.5 Å². The van der Waals surface area contributed by atoms with Crippen LogP contribution in [0.3, 0.4) is 0 Å². The van der Waals surface area contributed by atoms with Crippen LogP contribution >= 0.6 is 0 Å². The Morgan fingerprint density at radius 2 is 1.95 bits per heavy atom. The lowest BCUT2D eigenvalue weighted by atomic mass is 10.2. The first-order chi connectivity index (χ1) is 10.6. The van der Waals surface area contributed by atoms with E-state index < -0.39 is 0 Å². The summed E-state index contributed by atoms with van der Waals surface area (Å²) in [5.41, 5.74) is 0.597. The molecule has 1 saturated heterocycles. The van der Waals surface area contributed by atoms with Crippen molar-refractivity contribution in [2.24, 2.45) is 5.92 Å². The van der Waals surface area contributed by atoms with Crippen molar-refractivity contribution < 1.29 is 9.59 Å². The Balaban J connectivity index is 1.89. The molecule has 2 rings (SSSR count). The van der Waals surface area contributed by atoms with Gasteiger partial charge in [-0.2, -0.15) is 0 Å². The first-order valence-electron chi connectivity index (χ1n) is 7.80. The molecule has 0 aromatic carbocycles. The zero-order chi connectivity index (χ0) is 15.9. The Labute approximate surface area is 131 Å². The minimum Gasteiger partial charge on any atom is -0.338 e. The van der Waals surface area contributed by atoms with Crippen molar-refractivity contribution in [2.45, 2.75) is 20.3 Å². The number of nitrogens with zero attached hydrogens (tertiary/aromatic N) is 3. The summed E-state index contributed by atoms with van der Waals surface area (Å²) in [7, 11) is 0. The van der Waals surface area contributed by atoms with E-state index in [2.05, 4.69) is 24.1 Å². The number of hydrogen-bond acceptors (Lipinski definition) is 3. The predicted octanol–water partition coefficient (Wildman–Crippen LogP) is 1.60. The van der Waals surface area contributed by atoms with Crippen LogP contribution < -0.4 is 5.32 Å². The number of rotatable bonds is 3. The minimum absolute atomic E-state index is 0.0162. The molecule has 0 saturated carbocycles. The maximum absolute atomic E-state index is 12.4. The molecule has 1 aromatic heterocycles. The Hall–Kier alpha value is -2.11. The summed E-state index contributed by atoms with van der Waals surface area (Å²) in [6.45, 7) is 7.28. The average Bonchev–Trinajstić information content (AvgIpc) is 2.78. The van der Waals surface area contributed by atoms with Gasteiger partial charge < -0.3 is 15.1 Å². The molecule has 0 unspecified atom stereocenters. The van der Waals surface area contributed by atoms with E-state index in [0.29, 0.717) is 44.2 Å². The number of aromatic nitrogens is 1. The first-order valence-corrected chi connectivity index (χ1v) is 7.80. The van der Waals surface area contributed by atoms with Gasteiger partial charge >= 0.3 is 6.03 Å². The molecule has 0 atom stereocenters. The molecule has 22 heavy (non-hydrogen) atoms. The van der Waals surface area contributed by atoms with Crippen molar-refractivity contribution in [1.82, 2.24) is 20.1 Å². The number of carbonyl (C=O) groups is 2. The number of nitrogens with one attached hydrogen (secondary N) is 1. The molecule has 0 radical (unpaired) electrons. The molecule has 6 heteroatoms. The van der Waals surface area contributed by atoms with E-state index in [1.54, 1.807) is 34.3 Å². The van der Waals surface area contributed by atoms with Crippen LogP contribution in [0.5, 0.6) is 0 Å². The molecule has 120 valence electrons. The summed E-state index contributed by atoms with van der Waals surface area (Å²) in [5.74, 6) is 0.414. The Morgan fingerprint density at radius 3 is 2.64 bits per heavy atom. The van der Waals surface area contributed by atoms with Crippen LogP contribution in [-0.2, 0) is 0 Å². The van der Waals surface area contributed by atoms with E-state index in [4.69, 9.17) is 0 Å². The summed E-state index contributed by atoms with van der Waals surface area (Å²) in [6, 6.07) is 3.49. The fourth-order valence-electron chi connectivity index (χ4n) is 2.40. The van der Waals surface area contributed by atoms with Crippen LogP contribution in [0.25, 0.3) is 0 Å². The number of pyridine rings is 1. The van der Waals surface area contributed by atoms with E-state index in [9.17, 15) is 9.59 Å². The molecule has 2 heterocycles. The highest BCUT2D eigenvalue weighted by Gasteiger charge is 2.22. The number of hydrogen-bond donors (Lipinski definition) is 1. The largest absolute Gasteiger partial charge is 0.338 e. The van der Waals surface area contributed by atoms with Crippen LogP contribution in [0, 0.1) is 5.92 Å². The molecular formula is C16H24N4O2. The van der Waals surface area contributed by atoms with Gasteiger partial charge in [0.1, 0.15) is 0 Å². The zero-order valence-electron chi connectivity index (χ0n) is 13.3. The molecule has 3 amide bonds. The van der Waals surface area contributed by atoms with Crippen LogP contribution in [0.15, 0.2) is 24.5 Å². The van der Waals surface area contributed by atoms with E-state index in [0.717, 1.165) is 6.42 Å². The molecule has 1 N–H and O–H groups in total. The fourth-order valence-corrected chi connectivity index (χ4v) is 2.40. The summed E-state index contributed by atoms with van der Waals surface area (Å²) in [4.78, 5) is 32.1. The first kappa shape index (κ1) is 16.3. The maximum atomic E-state index is 12.4. The van der Waals surface area contributed by atoms with Gasteiger partial charge in [-0.15, -0.1) is 0 Å². The van der Waals surface area contributed by atoms with Crippen LogP contribution in [0.2, 0.25) is 0 Å². The van der Waals surface area contributed by atoms with Gasteiger partial charge in [0.15, 0.2) is 0 Å². The molecule has 1 fully saturated rings. The second-order valence-electron chi connectivity index (χ2n) is 5.95. The van der Waals surface area contributed by atoms with Gasteiger partial charge in [0, 0.05) is 45.1 Å². The van der Waals surface area contributed by atoms with Crippen LogP contribution in [0.4, 0.5) is 4.79 Å². The van der Waals surface area contributed by atoms with Crippen molar-refractivity contribution in [2.75, 3.05) is 32.7 Å². The van der Waals surface area contributed by atoms with E-state index >= 15 is 0 Å². The van der Waals surface area contributed by atoms with Gasteiger partial charge in [0.25, 0.3) is 5.91 Å². The molecule has 1 aliphatic heterocycles. The third-order valence-electron chi connectivity index (χ3n) is 3.64. The SMILES string of the molecule is CC(C)CNC(=O)N1CCCN(C(=O)c2cccnc2)CC1. The monoisotopic (exact) mass is 304 g/mol. The lowest BCUT2D eigenvalue weighted by Crippen LogP contribution is -2.43.